The van der Waals surface area contributed by atoms with Crippen LogP contribution in [-0.2, 0) is 20.8 Å². The molecule has 1 aromatic heterocycles. The Balaban J connectivity index is 1.39. The highest BCUT2D eigenvalue weighted by Gasteiger charge is 2.36. The van der Waals surface area contributed by atoms with Crippen molar-refractivity contribution in [3.8, 4) is 0 Å². The number of pyridine rings is 1. The smallest absolute Gasteiger partial charge is 0.256 e. The first kappa shape index (κ1) is 19.1. The number of carbonyl (C=O) groups is 1. The summed E-state index contributed by atoms with van der Waals surface area (Å²) in [4.78, 5) is 22.5. The van der Waals surface area contributed by atoms with E-state index in [-0.39, 0.29) is 12.0 Å². The maximum absolute atomic E-state index is 13.6. The molecule has 0 radical (unpaired) electrons. The first-order valence-electron chi connectivity index (χ1n) is 11.4. The number of hydrogen-bond donors (Lipinski definition) is 1. The molecule has 2 bridgehead atoms. The summed E-state index contributed by atoms with van der Waals surface area (Å²) in [6, 6.07) is 10.8. The lowest BCUT2D eigenvalue weighted by atomic mass is 9.96. The maximum atomic E-state index is 13.6. The molecule has 5 aliphatic rings. The number of piperidine rings is 1. The number of anilines is 4. The highest BCUT2D eigenvalue weighted by molar-refractivity contribution is 6.01. The molecule has 2 aromatic rings. The lowest BCUT2D eigenvalue weighted by molar-refractivity contribution is -0.132. The van der Waals surface area contributed by atoms with Crippen LogP contribution < -0.4 is 15.1 Å². The van der Waals surface area contributed by atoms with E-state index in [1.165, 1.54) is 0 Å². The number of carbonyl (C=O) groups excluding carboxylic acids is 1. The predicted molar refractivity (Wildman–Crippen MR) is 119 cm³/mol. The van der Waals surface area contributed by atoms with Gasteiger partial charge in [0, 0.05) is 30.6 Å². The molecule has 1 N–H and O–H groups in total. The van der Waals surface area contributed by atoms with Gasteiger partial charge in [0.2, 0.25) is 0 Å². The molecular formula is C24H28N4O3. The number of ether oxygens (including phenoxy) is 2. The van der Waals surface area contributed by atoms with Crippen molar-refractivity contribution < 1.29 is 14.3 Å². The zero-order chi connectivity index (χ0) is 20.8. The van der Waals surface area contributed by atoms with Gasteiger partial charge in [-0.05, 0) is 56.4 Å². The van der Waals surface area contributed by atoms with Gasteiger partial charge in [-0.2, -0.15) is 0 Å². The Bertz CT molecular complexity index is 983. The molecule has 0 spiro atoms. The number of rotatable bonds is 2. The van der Waals surface area contributed by atoms with Crippen molar-refractivity contribution in [3.05, 3.63) is 42.1 Å². The fourth-order valence-electron chi connectivity index (χ4n) is 5.26. The summed E-state index contributed by atoms with van der Waals surface area (Å²) in [6.45, 7) is 2.84. The molecule has 5 aliphatic heterocycles. The van der Waals surface area contributed by atoms with Gasteiger partial charge in [-0.25, -0.2) is 4.98 Å². The lowest BCUT2D eigenvalue weighted by Gasteiger charge is -2.46. The predicted octanol–water partition coefficient (Wildman–Crippen LogP) is 3.61. The van der Waals surface area contributed by atoms with Gasteiger partial charge >= 0.3 is 0 Å². The topological polar surface area (TPSA) is 66.9 Å². The number of morpholine rings is 1. The highest BCUT2D eigenvalue weighted by atomic mass is 16.5. The van der Waals surface area contributed by atoms with Gasteiger partial charge in [-0.3, -0.25) is 4.79 Å². The molecule has 7 rings (SSSR count). The maximum Gasteiger partial charge on any atom is 0.256 e. The van der Waals surface area contributed by atoms with Crippen LogP contribution in [0.1, 0.15) is 37.7 Å². The Morgan fingerprint density at radius 1 is 1.13 bits per heavy atom. The number of aromatic nitrogens is 1. The van der Waals surface area contributed by atoms with Crippen molar-refractivity contribution in [3.63, 3.8) is 0 Å². The summed E-state index contributed by atoms with van der Waals surface area (Å²) in [5.74, 6) is 0.849. The average molecular weight is 421 g/mol. The average Bonchev–Trinajstić information content (AvgIpc) is 3.01. The summed E-state index contributed by atoms with van der Waals surface area (Å²) >= 11 is 0. The molecule has 31 heavy (non-hydrogen) atoms. The van der Waals surface area contributed by atoms with E-state index in [4.69, 9.17) is 9.47 Å². The van der Waals surface area contributed by atoms with Crippen LogP contribution in [0.25, 0.3) is 0 Å². The van der Waals surface area contributed by atoms with Gasteiger partial charge < -0.3 is 24.6 Å². The summed E-state index contributed by atoms with van der Waals surface area (Å²) in [7, 11) is 0. The number of fused-ring (bicyclic) bond motifs is 5. The van der Waals surface area contributed by atoms with E-state index in [9.17, 15) is 4.79 Å². The van der Waals surface area contributed by atoms with Gasteiger partial charge in [0.05, 0.1) is 36.7 Å². The molecule has 3 unspecified atom stereocenters. The molecule has 1 amide bonds. The van der Waals surface area contributed by atoms with Gasteiger partial charge in [0.25, 0.3) is 5.91 Å². The molecule has 0 saturated carbocycles. The van der Waals surface area contributed by atoms with Crippen LogP contribution in [0.3, 0.4) is 0 Å². The Kier molecular flexibility index (Phi) is 4.80. The number of benzene rings is 1. The van der Waals surface area contributed by atoms with E-state index in [1.807, 2.05) is 17.0 Å². The minimum absolute atomic E-state index is 0.0418. The monoisotopic (exact) mass is 420 g/mol. The standard InChI is InChI=1S/C24H28N4O3/c29-24(22-5-1-2-11-30-22)28-13-16-4-3-10-25-23(16)26-20-9-7-17(12-21(20)28)27-14-19-8-6-18(27)15-31-19/h3-4,7,9-10,12,18-19,22H,1-2,5-6,8,11,13-15H2,(H,25,26). The molecule has 6 heterocycles. The van der Waals surface area contributed by atoms with Gasteiger partial charge in [-0.1, -0.05) is 6.07 Å². The number of hydrogen-bond acceptors (Lipinski definition) is 6. The van der Waals surface area contributed by atoms with E-state index in [0.717, 1.165) is 73.7 Å². The van der Waals surface area contributed by atoms with Crippen LogP contribution in [0.5, 0.6) is 0 Å². The third kappa shape index (κ3) is 3.46. The normalized spacial score (nSPS) is 27.2. The summed E-state index contributed by atoms with van der Waals surface area (Å²) in [6.07, 6.45) is 6.86. The van der Waals surface area contributed by atoms with Crippen LogP contribution in [0, 0.1) is 0 Å². The van der Waals surface area contributed by atoms with Crippen molar-refractivity contribution in [2.75, 3.05) is 34.9 Å². The van der Waals surface area contributed by atoms with Crippen molar-refractivity contribution in [2.24, 2.45) is 0 Å². The minimum Gasteiger partial charge on any atom is -0.374 e. The number of nitrogens with one attached hydrogen (secondary N) is 1. The van der Waals surface area contributed by atoms with Crippen molar-refractivity contribution in [1.29, 1.82) is 0 Å². The third-order valence-corrected chi connectivity index (χ3v) is 6.98. The third-order valence-electron chi connectivity index (χ3n) is 6.98. The van der Waals surface area contributed by atoms with E-state index in [2.05, 4.69) is 33.4 Å². The molecule has 0 aliphatic carbocycles. The Labute approximate surface area is 182 Å². The summed E-state index contributed by atoms with van der Waals surface area (Å²) < 4.78 is 11.8. The molecule has 3 atom stereocenters. The fourth-order valence-corrected chi connectivity index (χ4v) is 5.26. The minimum atomic E-state index is -0.372. The molecule has 162 valence electrons. The van der Waals surface area contributed by atoms with Crippen LogP contribution in [-0.4, -0.2) is 48.9 Å². The van der Waals surface area contributed by atoms with Crippen molar-refractivity contribution in [1.82, 2.24) is 4.98 Å². The first-order chi connectivity index (χ1) is 15.3. The summed E-state index contributed by atoms with van der Waals surface area (Å²) in [5.41, 5.74) is 3.97. The van der Waals surface area contributed by atoms with Crippen molar-refractivity contribution >= 4 is 28.8 Å². The SMILES string of the molecule is O=C(C1CCCCO1)N1Cc2cccnc2Nc2ccc(N3CC4CCC3CO4)cc21. The molecule has 4 fully saturated rings. The molecular weight excluding hydrogens is 392 g/mol. The lowest BCUT2D eigenvalue weighted by Crippen LogP contribution is -2.54. The second kappa shape index (κ2) is 7.80. The molecule has 7 heteroatoms. The highest BCUT2D eigenvalue weighted by Crippen LogP contribution is 2.40. The Morgan fingerprint density at radius 3 is 2.87 bits per heavy atom. The van der Waals surface area contributed by atoms with Gasteiger partial charge in [0.1, 0.15) is 11.9 Å². The molecule has 4 saturated heterocycles. The van der Waals surface area contributed by atoms with Crippen LogP contribution in [0.4, 0.5) is 22.9 Å². The Morgan fingerprint density at radius 2 is 2.10 bits per heavy atom. The number of nitrogens with zero attached hydrogens (tertiary/aromatic N) is 3. The van der Waals surface area contributed by atoms with E-state index >= 15 is 0 Å². The number of amides is 1. The first-order valence-corrected chi connectivity index (χ1v) is 11.4. The quantitative estimate of drug-likeness (QED) is 0.801. The van der Waals surface area contributed by atoms with Crippen LogP contribution in [0.15, 0.2) is 36.5 Å². The second-order valence-electron chi connectivity index (χ2n) is 8.96. The van der Waals surface area contributed by atoms with Gasteiger partial charge in [0.15, 0.2) is 0 Å². The van der Waals surface area contributed by atoms with Crippen molar-refractivity contribution in [2.45, 2.75) is 56.9 Å². The fraction of sp³-hybridized carbons (Fsp3) is 0.500. The van der Waals surface area contributed by atoms with Crippen LogP contribution in [0.2, 0.25) is 0 Å². The van der Waals surface area contributed by atoms with E-state index in [0.29, 0.717) is 25.3 Å². The van der Waals surface area contributed by atoms with E-state index in [1.54, 1.807) is 6.20 Å². The van der Waals surface area contributed by atoms with Gasteiger partial charge in [-0.15, -0.1) is 0 Å². The molecule has 7 nitrogen and oxygen atoms in total. The summed E-state index contributed by atoms with van der Waals surface area (Å²) in [5, 5.41) is 3.47. The Hall–Kier alpha value is -2.64. The van der Waals surface area contributed by atoms with Crippen LogP contribution >= 0.6 is 0 Å². The second-order valence-corrected chi connectivity index (χ2v) is 8.96. The van der Waals surface area contributed by atoms with E-state index < -0.39 is 0 Å². The largest absolute Gasteiger partial charge is 0.374 e. The molecule has 1 aromatic carbocycles. The zero-order valence-electron chi connectivity index (χ0n) is 17.6. The zero-order valence-corrected chi connectivity index (χ0v) is 17.6.